The van der Waals surface area contributed by atoms with Crippen molar-refractivity contribution in [3.05, 3.63) is 30.1 Å². The Morgan fingerprint density at radius 2 is 1.73 bits per heavy atom. The zero-order valence-corrected chi connectivity index (χ0v) is 6.35. The van der Waals surface area contributed by atoms with E-state index in [0.717, 1.165) is 0 Å². The molecule has 1 N–H and O–H groups in total. The van der Waals surface area contributed by atoms with Gasteiger partial charge < -0.3 is 0 Å². The maximum absolute atomic E-state index is 12.2. The first-order valence-electron chi connectivity index (χ1n) is 2.85. The van der Waals surface area contributed by atoms with Crippen molar-refractivity contribution in [3.63, 3.8) is 0 Å². The second-order valence-corrected chi connectivity index (χ2v) is 2.61. The average Bonchev–Trinajstić information content (AvgIpc) is 1.93. The maximum Gasteiger partial charge on any atom is 0.222 e. The van der Waals surface area contributed by atoms with Gasteiger partial charge >= 0.3 is 0 Å². The van der Waals surface area contributed by atoms with Gasteiger partial charge in [-0.2, -0.15) is 0 Å². The highest BCUT2D eigenvalue weighted by atomic mass is 32.2. The van der Waals surface area contributed by atoms with Crippen molar-refractivity contribution in [3.8, 4) is 0 Å². The van der Waals surface area contributed by atoms with Crippen LogP contribution in [0.4, 0.5) is 10.1 Å². The fraction of sp³-hybridized carbons (Fsp3) is 0. The van der Waals surface area contributed by atoms with E-state index in [1.807, 2.05) is 0 Å². The van der Waals surface area contributed by atoms with Gasteiger partial charge in [-0.3, -0.25) is 4.72 Å². The molecule has 1 aromatic rings. The number of benzene rings is 1. The minimum absolute atomic E-state index is 0.363. The first-order valence-corrected chi connectivity index (χ1v) is 4.03. The molecule has 0 saturated carbocycles. The van der Waals surface area contributed by atoms with Crippen LogP contribution in [0.2, 0.25) is 0 Å². The number of hydrogen-bond acceptors (Lipinski definition) is 2. The molecule has 0 aliphatic carbocycles. The Morgan fingerprint density at radius 1 is 1.18 bits per heavy atom. The smallest absolute Gasteiger partial charge is 0.222 e. The zero-order chi connectivity index (χ0) is 8.27. The number of thiol groups is 1. The summed E-state index contributed by atoms with van der Waals surface area (Å²) in [5.74, 6) is -0.392. The first-order chi connectivity index (χ1) is 5.18. The molecule has 0 spiro atoms. The van der Waals surface area contributed by atoms with E-state index in [1.165, 1.54) is 24.3 Å². The van der Waals surface area contributed by atoms with E-state index in [4.69, 9.17) is 0 Å². The second kappa shape index (κ2) is 3.34. The molecule has 0 atom stereocenters. The third-order valence-electron chi connectivity index (χ3n) is 1.06. The van der Waals surface area contributed by atoms with Gasteiger partial charge in [-0.15, -0.1) is 0 Å². The van der Waals surface area contributed by atoms with E-state index in [2.05, 4.69) is 4.72 Å². The van der Waals surface area contributed by atoms with E-state index in [0.29, 0.717) is 5.69 Å². The van der Waals surface area contributed by atoms with Gasteiger partial charge in [0.1, 0.15) is 5.82 Å². The Hall–Kier alpha value is -1.10. The molecule has 1 aromatic carbocycles. The molecule has 0 aliphatic rings. The Kier molecular flexibility index (Phi) is 2.43. The molecule has 0 aliphatic heterocycles. The topological polar surface area (TPSA) is 46.2 Å². The van der Waals surface area contributed by atoms with Gasteiger partial charge in [0.05, 0.1) is 0 Å². The van der Waals surface area contributed by atoms with Gasteiger partial charge in [0.2, 0.25) is 10.9 Å². The van der Waals surface area contributed by atoms with Crippen molar-refractivity contribution in [1.29, 1.82) is 0 Å². The first kappa shape index (κ1) is 8.00. The lowest BCUT2D eigenvalue weighted by atomic mass is 10.3. The maximum atomic E-state index is 12.2. The van der Waals surface area contributed by atoms with Crippen LogP contribution in [0.3, 0.4) is 0 Å². The van der Waals surface area contributed by atoms with Crippen molar-refractivity contribution in [2.45, 2.75) is 0 Å². The molecule has 1 rings (SSSR count). The predicted octanol–water partition coefficient (Wildman–Crippen LogP) is 0.764. The van der Waals surface area contributed by atoms with Crippen LogP contribution in [0, 0.1) is 5.82 Å². The van der Waals surface area contributed by atoms with Crippen molar-refractivity contribution < 1.29 is 12.8 Å². The average molecular weight is 175 g/mol. The Balaban J connectivity index is 2.82. The summed E-state index contributed by atoms with van der Waals surface area (Å²) in [4.78, 5) is 0. The largest absolute Gasteiger partial charge is 0.286 e. The molecular weight excluding hydrogens is 169 g/mol. The molecule has 0 aromatic heterocycles. The number of anilines is 1. The highest BCUT2D eigenvalue weighted by molar-refractivity contribution is 7.73. The minimum atomic E-state index is -2.66. The van der Waals surface area contributed by atoms with Crippen LogP contribution in [-0.2, 0) is 10.9 Å². The molecule has 0 radical (unpaired) electrons. The van der Waals surface area contributed by atoms with E-state index < -0.39 is 16.7 Å². The van der Waals surface area contributed by atoms with Crippen LogP contribution < -0.4 is 4.72 Å². The predicted molar refractivity (Wildman–Crippen MR) is 40.3 cm³/mol. The lowest BCUT2D eigenvalue weighted by Gasteiger charge is -1.95. The summed E-state index contributed by atoms with van der Waals surface area (Å²) in [5, 5.41) is 0. The van der Waals surface area contributed by atoms with Crippen LogP contribution in [0.25, 0.3) is 0 Å². The molecule has 0 amide bonds. The molecule has 0 saturated heterocycles. The Morgan fingerprint density at radius 3 is 2.18 bits per heavy atom. The van der Waals surface area contributed by atoms with Gasteiger partial charge in [0, 0.05) is 5.69 Å². The third kappa shape index (κ3) is 2.55. The van der Waals surface area contributed by atoms with Crippen LogP contribution in [0.5, 0.6) is 0 Å². The number of nitrogens with one attached hydrogen (secondary N) is 1. The normalized spacial score (nSPS) is 10.0. The van der Waals surface area contributed by atoms with Gasteiger partial charge in [0.15, 0.2) is 0 Å². The lowest BCUT2D eigenvalue weighted by molar-refractivity contribution is 0.618. The second-order valence-electron chi connectivity index (χ2n) is 1.88. The number of halogens is 1. The van der Waals surface area contributed by atoms with Crippen LogP contribution >= 0.6 is 0 Å². The summed E-state index contributed by atoms with van der Waals surface area (Å²) < 4.78 is 34.5. The van der Waals surface area contributed by atoms with Gasteiger partial charge in [0.25, 0.3) is 0 Å². The van der Waals surface area contributed by atoms with Crippen LogP contribution in [0.1, 0.15) is 0 Å². The molecule has 11 heavy (non-hydrogen) atoms. The minimum Gasteiger partial charge on any atom is -0.286 e. The standard InChI is InChI=1S/C6H6FNO2S/c7-5-1-3-6(4-2-5)8-11(9)10/h1-4,11H,(H,8,9,10). The molecule has 0 unspecified atom stereocenters. The van der Waals surface area contributed by atoms with E-state index in [9.17, 15) is 12.8 Å². The van der Waals surface area contributed by atoms with E-state index >= 15 is 0 Å². The Labute approximate surface area is 64.9 Å². The summed E-state index contributed by atoms with van der Waals surface area (Å²) in [5.41, 5.74) is 0.363. The summed E-state index contributed by atoms with van der Waals surface area (Å²) >= 11 is 0. The monoisotopic (exact) mass is 175 g/mol. The van der Waals surface area contributed by atoms with Gasteiger partial charge in [-0.1, -0.05) is 0 Å². The lowest BCUT2D eigenvalue weighted by Crippen LogP contribution is -1.93. The van der Waals surface area contributed by atoms with E-state index in [-0.39, 0.29) is 0 Å². The molecule has 5 heteroatoms. The molecule has 0 fully saturated rings. The molecule has 3 nitrogen and oxygen atoms in total. The highest BCUT2D eigenvalue weighted by Gasteiger charge is 1.91. The number of rotatable bonds is 2. The fourth-order valence-corrected chi connectivity index (χ4v) is 0.990. The van der Waals surface area contributed by atoms with Gasteiger partial charge in [-0.25, -0.2) is 12.8 Å². The van der Waals surface area contributed by atoms with Crippen molar-refractivity contribution in [1.82, 2.24) is 0 Å². The molecule has 60 valence electrons. The highest BCUT2D eigenvalue weighted by Crippen LogP contribution is 2.07. The molecular formula is C6H6FNO2S. The van der Waals surface area contributed by atoms with E-state index in [1.54, 1.807) is 0 Å². The van der Waals surface area contributed by atoms with Crippen LogP contribution in [0.15, 0.2) is 24.3 Å². The van der Waals surface area contributed by atoms with Crippen molar-refractivity contribution in [2.24, 2.45) is 0 Å². The van der Waals surface area contributed by atoms with Crippen molar-refractivity contribution in [2.75, 3.05) is 4.72 Å². The third-order valence-corrected chi connectivity index (χ3v) is 1.51. The quantitative estimate of drug-likeness (QED) is 0.652. The Bertz CT molecular complexity index is 299. The fourth-order valence-electron chi connectivity index (χ4n) is 0.630. The van der Waals surface area contributed by atoms with Crippen molar-refractivity contribution >= 4 is 16.6 Å². The summed E-state index contributed by atoms with van der Waals surface area (Å²) in [6, 6.07) is 5.06. The molecule has 0 heterocycles. The molecule has 0 bridgehead atoms. The summed E-state index contributed by atoms with van der Waals surface area (Å²) in [7, 11) is -2.66. The summed E-state index contributed by atoms with van der Waals surface area (Å²) in [6.07, 6.45) is 0. The number of hydrogen-bond donors (Lipinski definition) is 2. The SMILES string of the molecule is O=[SH](=O)Nc1ccc(F)cc1. The summed E-state index contributed by atoms with van der Waals surface area (Å²) in [6.45, 7) is 0. The zero-order valence-electron chi connectivity index (χ0n) is 5.45. The van der Waals surface area contributed by atoms with Crippen LogP contribution in [-0.4, -0.2) is 8.42 Å². The van der Waals surface area contributed by atoms with Gasteiger partial charge in [-0.05, 0) is 24.3 Å².